The van der Waals surface area contributed by atoms with Crippen molar-refractivity contribution in [2.75, 3.05) is 26.3 Å². The molecule has 0 spiro atoms. The third kappa shape index (κ3) is 5.33. The van der Waals surface area contributed by atoms with E-state index >= 15 is 0 Å². The largest absolute Gasteiger partial charge is 0.442 e. The van der Waals surface area contributed by atoms with Crippen molar-refractivity contribution < 1.29 is 19.4 Å². The third-order valence-corrected chi connectivity index (χ3v) is 6.40. The van der Waals surface area contributed by atoms with Gasteiger partial charge in [0.25, 0.3) is 0 Å². The number of aliphatic hydroxyl groups excluding tert-OH is 1. The Morgan fingerprint density at radius 1 is 1.38 bits per heavy atom. The van der Waals surface area contributed by atoms with Crippen molar-refractivity contribution in [3.63, 3.8) is 0 Å². The molecule has 0 bridgehead atoms. The van der Waals surface area contributed by atoms with Gasteiger partial charge in [-0.05, 0) is 36.3 Å². The van der Waals surface area contributed by atoms with Crippen molar-refractivity contribution >= 4 is 17.4 Å². The molecule has 1 aromatic carbocycles. The Labute approximate surface area is 174 Å². The number of aromatic nitrogens is 1. The van der Waals surface area contributed by atoms with Crippen LogP contribution in [0.4, 0.5) is 4.79 Å². The monoisotopic (exact) mass is 417 g/mol. The van der Waals surface area contributed by atoms with Gasteiger partial charge in [-0.15, -0.1) is 11.3 Å². The van der Waals surface area contributed by atoms with Crippen LogP contribution in [0.1, 0.15) is 18.4 Å². The molecule has 156 valence electrons. The third-order valence-electron chi connectivity index (χ3n) is 5.58. The van der Waals surface area contributed by atoms with Gasteiger partial charge in [0.05, 0.1) is 16.4 Å². The number of hydrogen-bond acceptors (Lipinski definition) is 7. The first-order valence-electron chi connectivity index (χ1n) is 10.1. The predicted octanol–water partition coefficient (Wildman–Crippen LogP) is 2.21. The van der Waals surface area contributed by atoms with Gasteiger partial charge in [-0.2, -0.15) is 0 Å². The molecule has 1 amide bonds. The molecule has 0 aliphatic carbocycles. The Hall–Kier alpha value is -2.00. The second-order valence-corrected chi connectivity index (χ2v) is 8.55. The van der Waals surface area contributed by atoms with Crippen LogP contribution in [0.3, 0.4) is 0 Å². The number of benzene rings is 1. The number of hydrogen-bond donors (Lipinski definition) is 3. The molecule has 1 unspecified atom stereocenters. The summed E-state index contributed by atoms with van der Waals surface area (Å²) in [5, 5.41) is 16.3. The van der Waals surface area contributed by atoms with Gasteiger partial charge in [-0.1, -0.05) is 24.3 Å². The average Bonchev–Trinajstić information content (AvgIpc) is 3.48. The molecule has 1 aromatic heterocycles. The summed E-state index contributed by atoms with van der Waals surface area (Å²) < 4.78 is 10.9. The number of carbonyl (C=O) groups is 1. The van der Waals surface area contributed by atoms with Crippen LogP contribution in [0.25, 0.3) is 10.4 Å². The predicted molar refractivity (Wildman–Crippen MR) is 111 cm³/mol. The number of alkyl carbamates (subject to hydrolysis) is 1. The molecule has 2 aliphatic heterocycles. The summed E-state index contributed by atoms with van der Waals surface area (Å²) in [4.78, 5) is 17.4. The van der Waals surface area contributed by atoms with Crippen LogP contribution in [-0.2, 0) is 15.9 Å². The van der Waals surface area contributed by atoms with Gasteiger partial charge in [-0.3, -0.25) is 4.98 Å². The van der Waals surface area contributed by atoms with Crippen LogP contribution in [0.5, 0.6) is 0 Å². The van der Waals surface area contributed by atoms with Crippen molar-refractivity contribution in [3.05, 3.63) is 41.5 Å². The Kier molecular flexibility index (Phi) is 6.76. The van der Waals surface area contributed by atoms with E-state index in [1.165, 1.54) is 0 Å². The molecule has 2 aromatic rings. The minimum atomic E-state index is -0.703. The minimum Gasteiger partial charge on any atom is -0.442 e. The lowest BCUT2D eigenvalue weighted by molar-refractivity contribution is 0.0189. The average molecular weight is 418 g/mol. The zero-order valence-electron chi connectivity index (χ0n) is 16.3. The van der Waals surface area contributed by atoms with Gasteiger partial charge in [0.2, 0.25) is 0 Å². The fraction of sp³-hybridized carbons (Fsp3) is 0.524. The number of nitrogens with one attached hydrogen (secondary N) is 2. The fourth-order valence-electron chi connectivity index (χ4n) is 3.89. The molecule has 3 heterocycles. The van der Waals surface area contributed by atoms with E-state index in [4.69, 9.17) is 9.47 Å². The van der Waals surface area contributed by atoms with Gasteiger partial charge in [0, 0.05) is 32.5 Å². The molecule has 3 N–H and O–H groups in total. The summed E-state index contributed by atoms with van der Waals surface area (Å²) in [6.07, 6.45) is 2.73. The number of nitrogens with zero attached hydrogens (tertiary/aromatic N) is 1. The number of rotatable bonds is 7. The Morgan fingerprint density at radius 3 is 2.97 bits per heavy atom. The van der Waals surface area contributed by atoms with E-state index in [-0.39, 0.29) is 6.04 Å². The number of β-amino-alcohol motifs (C(OH)–C–C–N with tert-alkyl or cyclic N) is 1. The maximum atomic E-state index is 12.2. The first-order valence-corrected chi connectivity index (χ1v) is 11.0. The van der Waals surface area contributed by atoms with E-state index in [0.717, 1.165) is 42.1 Å². The number of amides is 1. The lowest BCUT2D eigenvalue weighted by Crippen LogP contribution is -2.41. The normalized spacial score (nSPS) is 26.5. The number of aliphatic hydroxyl groups is 1. The van der Waals surface area contributed by atoms with Crippen LogP contribution in [0, 0.1) is 5.92 Å². The minimum absolute atomic E-state index is 0.117. The molecule has 0 radical (unpaired) electrons. The van der Waals surface area contributed by atoms with Gasteiger partial charge < -0.3 is 25.2 Å². The van der Waals surface area contributed by atoms with Crippen LogP contribution in [0.15, 0.2) is 36.0 Å². The molecule has 2 fully saturated rings. The van der Waals surface area contributed by atoms with E-state index < -0.39 is 18.3 Å². The van der Waals surface area contributed by atoms with E-state index in [1.54, 1.807) is 11.3 Å². The summed E-state index contributed by atoms with van der Waals surface area (Å²) >= 11 is 1.61. The molecule has 4 rings (SSSR count). The van der Waals surface area contributed by atoms with Crippen LogP contribution >= 0.6 is 11.3 Å². The summed E-state index contributed by atoms with van der Waals surface area (Å²) in [7, 11) is 0. The summed E-state index contributed by atoms with van der Waals surface area (Å²) in [6.45, 7) is 2.56. The highest BCUT2D eigenvalue weighted by Gasteiger charge is 2.37. The fourth-order valence-corrected chi connectivity index (χ4v) is 4.52. The SMILES string of the molecule is O=C(NCC[C@H]1CCOC1)O[C@@H]1C(O)CN[C@@H]1Cc1ccc(-c2cncs2)cc1. The van der Waals surface area contributed by atoms with E-state index in [2.05, 4.69) is 39.9 Å². The van der Waals surface area contributed by atoms with Crippen molar-refractivity contribution in [2.45, 2.75) is 37.5 Å². The second kappa shape index (κ2) is 9.67. The summed E-state index contributed by atoms with van der Waals surface area (Å²) in [5.74, 6) is 0.509. The summed E-state index contributed by atoms with van der Waals surface area (Å²) in [5.41, 5.74) is 4.08. The number of thiazole rings is 1. The lowest BCUT2D eigenvalue weighted by Gasteiger charge is -2.22. The highest BCUT2D eigenvalue weighted by atomic mass is 32.1. The van der Waals surface area contributed by atoms with Crippen LogP contribution < -0.4 is 10.6 Å². The van der Waals surface area contributed by atoms with Gasteiger partial charge >= 0.3 is 6.09 Å². The first-order chi connectivity index (χ1) is 14.2. The van der Waals surface area contributed by atoms with Crippen molar-refractivity contribution in [2.24, 2.45) is 5.92 Å². The highest BCUT2D eigenvalue weighted by molar-refractivity contribution is 7.13. The van der Waals surface area contributed by atoms with E-state index in [1.807, 2.05) is 11.7 Å². The zero-order chi connectivity index (χ0) is 20.1. The summed E-state index contributed by atoms with van der Waals surface area (Å²) in [6, 6.07) is 8.17. The maximum absolute atomic E-state index is 12.2. The van der Waals surface area contributed by atoms with Gasteiger partial charge in [0.15, 0.2) is 0 Å². The van der Waals surface area contributed by atoms with Crippen molar-refractivity contribution in [3.8, 4) is 10.4 Å². The quantitative estimate of drug-likeness (QED) is 0.640. The Bertz CT molecular complexity index is 778. The maximum Gasteiger partial charge on any atom is 0.407 e. The first kappa shape index (κ1) is 20.3. The lowest BCUT2D eigenvalue weighted by atomic mass is 10.0. The van der Waals surface area contributed by atoms with Crippen LogP contribution in [0.2, 0.25) is 0 Å². The van der Waals surface area contributed by atoms with Crippen LogP contribution in [-0.4, -0.2) is 60.7 Å². The zero-order valence-corrected chi connectivity index (χ0v) is 17.1. The molecule has 4 atom stereocenters. The topological polar surface area (TPSA) is 92.7 Å². The number of ether oxygens (including phenoxy) is 2. The van der Waals surface area contributed by atoms with Gasteiger partial charge in [-0.25, -0.2) is 4.79 Å². The standard InChI is InChI=1S/C21H27N3O4S/c25-18-10-24-17(9-14-1-3-16(4-2-14)19-11-22-13-29-19)20(18)28-21(26)23-7-5-15-6-8-27-12-15/h1-4,11,13,15,17-18,20,24-25H,5-10,12H2,(H,23,26)/t15-,17+,18?,20-/m0/s1. The number of carbonyl (C=O) groups excluding carboxylic acids is 1. The molecular weight excluding hydrogens is 390 g/mol. The molecule has 0 saturated carbocycles. The molecule has 2 aliphatic rings. The molecular formula is C21H27N3O4S. The van der Waals surface area contributed by atoms with Crippen molar-refractivity contribution in [1.29, 1.82) is 0 Å². The van der Waals surface area contributed by atoms with Gasteiger partial charge in [0.1, 0.15) is 12.2 Å². The smallest absolute Gasteiger partial charge is 0.407 e. The Morgan fingerprint density at radius 2 is 2.24 bits per heavy atom. The molecule has 7 nitrogen and oxygen atoms in total. The molecule has 29 heavy (non-hydrogen) atoms. The Balaban J connectivity index is 1.28. The molecule has 8 heteroatoms. The second-order valence-electron chi connectivity index (χ2n) is 7.66. The van der Waals surface area contributed by atoms with E-state index in [9.17, 15) is 9.90 Å². The van der Waals surface area contributed by atoms with Crippen molar-refractivity contribution in [1.82, 2.24) is 15.6 Å². The molecule has 2 saturated heterocycles. The van der Waals surface area contributed by atoms with E-state index in [0.29, 0.717) is 25.4 Å². The highest BCUT2D eigenvalue weighted by Crippen LogP contribution is 2.24.